The molecule has 3 N–H and O–H groups in total. The summed E-state index contributed by atoms with van der Waals surface area (Å²) in [6, 6.07) is -0.498. The third kappa shape index (κ3) is 2.81. The molecule has 1 amide bonds. The lowest BCUT2D eigenvalue weighted by Crippen LogP contribution is -2.43. The predicted octanol–water partition coefficient (Wildman–Crippen LogP) is -0.331. The fourth-order valence-corrected chi connectivity index (χ4v) is 0.857. The smallest absolute Gasteiger partial charge is 0.237 e. The van der Waals surface area contributed by atoms with Gasteiger partial charge in [-0.3, -0.25) is 4.79 Å². The average Bonchev–Trinajstić information content (AvgIpc) is 2.65. The molecule has 0 radical (unpaired) electrons. The maximum atomic E-state index is 11.4. The first-order valence-electron chi connectivity index (χ1n) is 4.39. The van der Waals surface area contributed by atoms with Gasteiger partial charge in [0.15, 0.2) is 5.82 Å². The molecule has 0 unspecified atom stereocenters. The Labute approximate surface area is 81.9 Å². The molecule has 0 saturated heterocycles. The van der Waals surface area contributed by atoms with Gasteiger partial charge in [0.1, 0.15) is 0 Å². The first kappa shape index (κ1) is 10.6. The minimum absolute atomic E-state index is 0.111. The molecule has 0 spiro atoms. The van der Waals surface area contributed by atoms with Crippen molar-refractivity contribution in [2.45, 2.75) is 26.4 Å². The van der Waals surface area contributed by atoms with E-state index in [1.165, 1.54) is 6.39 Å². The third-order valence-electron chi connectivity index (χ3n) is 1.85. The van der Waals surface area contributed by atoms with Crippen LogP contribution in [0.15, 0.2) is 10.9 Å². The molecule has 6 nitrogen and oxygen atoms in total. The van der Waals surface area contributed by atoms with Crippen molar-refractivity contribution in [2.75, 3.05) is 0 Å². The van der Waals surface area contributed by atoms with Gasteiger partial charge in [-0.1, -0.05) is 19.0 Å². The molecule has 1 heterocycles. The Morgan fingerprint density at radius 1 is 1.71 bits per heavy atom. The number of hydrogen-bond acceptors (Lipinski definition) is 5. The van der Waals surface area contributed by atoms with Crippen molar-refractivity contribution in [3.05, 3.63) is 12.2 Å². The molecule has 1 atom stereocenters. The molecule has 1 aromatic heterocycles. The van der Waals surface area contributed by atoms with E-state index >= 15 is 0 Å². The molecular weight excluding hydrogens is 184 g/mol. The molecule has 1 rings (SSSR count). The molecular formula is C8H14N4O2. The van der Waals surface area contributed by atoms with Crippen LogP contribution in [0.3, 0.4) is 0 Å². The lowest BCUT2D eigenvalue weighted by atomic mass is 10.1. The van der Waals surface area contributed by atoms with Crippen LogP contribution in [0, 0.1) is 5.92 Å². The number of rotatable bonds is 4. The van der Waals surface area contributed by atoms with E-state index in [4.69, 9.17) is 5.73 Å². The quantitative estimate of drug-likeness (QED) is 0.690. The number of hydrogen-bond donors (Lipinski definition) is 2. The molecule has 0 aliphatic carbocycles. The van der Waals surface area contributed by atoms with Gasteiger partial charge in [0, 0.05) is 0 Å². The van der Waals surface area contributed by atoms with Gasteiger partial charge in [0.05, 0.1) is 12.6 Å². The molecule has 0 aliphatic heterocycles. The number of aromatic nitrogens is 2. The number of nitrogens with two attached hydrogens (primary N) is 1. The summed E-state index contributed by atoms with van der Waals surface area (Å²) in [5, 5.41) is 6.17. The van der Waals surface area contributed by atoms with Crippen LogP contribution in [0.5, 0.6) is 0 Å². The first-order chi connectivity index (χ1) is 6.61. The minimum Gasteiger partial charge on any atom is -0.347 e. The maximum Gasteiger partial charge on any atom is 0.237 e. The second kappa shape index (κ2) is 4.71. The molecule has 1 aromatic rings. The van der Waals surface area contributed by atoms with Gasteiger partial charge >= 0.3 is 0 Å². The Morgan fingerprint density at radius 3 is 2.93 bits per heavy atom. The summed E-state index contributed by atoms with van der Waals surface area (Å²) in [5.74, 6) is 0.347. The van der Waals surface area contributed by atoms with Gasteiger partial charge in [-0.25, -0.2) is 0 Å². The van der Waals surface area contributed by atoms with Crippen LogP contribution in [0.1, 0.15) is 19.7 Å². The highest BCUT2D eigenvalue weighted by Crippen LogP contribution is 1.98. The van der Waals surface area contributed by atoms with E-state index in [-0.39, 0.29) is 18.4 Å². The van der Waals surface area contributed by atoms with Crippen LogP contribution in [0.4, 0.5) is 0 Å². The van der Waals surface area contributed by atoms with Crippen LogP contribution in [0.25, 0.3) is 0 Å². The number of carbonyl (C=O) groups excluding carboxylic acids is 1. The van der Waals surface area contributed by atoms with E-state index in [2.05, 4.69) is 20.0 Å². The molecule has 0 saturated carbocycles. The van der Waals surface area contributed by atoms with Crippen LogP contribution in [-0.4, -0.2) is 22.1 Å². The second-order valence-corrected chi connectivity index (χ2v) is 3.34. The van der Waals surface area contributed by atoms with Crippen LogP contribution < -0.4 is 11.1 Å². The van der Waals surface area contributed by atoms with E-state index < -0.39 is 6.04 Å². The zero-order valence-electron chi connectivity index (χ0n) is 8.23. The number of nitrogens with zero attached hydrogens (tertiary/aromatic N) is 2. The summed E-state index contributed by atoms with van der Waals surface area (Å²) in [6.45, 7) is 4.02. The van der Waals surface area contributed by atoms with Crippen molar-refractivity contribution in [1.82, 2.24) is 15.5 Å². The number of carbonyl (C=O) groups is 1. The van der Waals surface area contributed by atoms with E-state index in [0.717, 1.165) is 0 Å². The third-order valence-corrected chi connectivity index (χ3v) is 1.85. The lowest BCUT2D eigenvalue weighted by Gasteiger charge is -2.14. The Morgan fingerprint density at radius 2 is 2.43 bits per heavy atom. The van der Waals surface area contributed by atoms with E-state index in [9.17, 15) is 4.79 Å². The van der Waals surface area contributed by atoms with E-state index in [0.29, 0.717) is 5.82 Å². The normalized spacial score (nSPS) is 12.9. The summed E-state index contributed by atoms with van der Waals surface area (Å²) >= 11 is 0. The molecule has 78 valence electrons. The Kier molecular flexibility index (Phi) is 3.58. The van der Waals surface area contributed by atoms with Gasteiger partial charge in [0.25, 0.3) is 0 Å². The second-order valence-electron chi connectivity index (χ2n) is 3.34. The predicted molar refractivity (Wildman–Crippen MR) is 49.0 cm³/mol. The SMILES string of the molecule is CC(C)[C@H](N)C(=O)NCc1ncon1. The largest absolute Gasteiger partial charge is 0.347 e. The fraction of sp³-hybridized carbons (Fsp3) is 0.625. The molecule has 0 bridgehead atoms. The summed E-state index contributed by atoms with van der Waals surface area (Å²) in [4.78, 5) is 15.1. The highest BCUT2D eigenvalue weighted by Gasteiger charge is 2.16. The molecule has 0 aromatic carbocycles. The van der Waals surface area contributed by atoms with Gasteiger partial charge in [-0.05, 0) is 5.92 Å². The van der Waals surface area contributed by atoms with Gasteiger partial charge in [0.2, 0.25) is 12.3 Å². The molecule has 0 aliphatic rings. The fourth-order valence-electron chi connectivity index (χ4n) is 0.857. The average molecular weight is 198 g/mol. The van der Waals surface area contributed by atoms with Gasteiger partial charge in [-0.15, -0.1) is 0 Å². The lowest BCUT2D eigenvalue weighted by molar-refractivity contribution is -0.123. The zero-order valence-corrected chi connectivity index (χ0v) is 8.23. The number of nitrogens with one attached hydrogen (secondary N) is 1. The van der Waals surface area contributed by atoms with E-state index in [1.807, 2.05) is 13.8 Å². The monoisotopic (exact) mass is 198 g/mol. The maximum absolute atomic E-state index is 11.4. The summed E-state index contributed by atoms with van der Waals surface area (Å²) in [7, 11) is 0. The van der Waals surface area contributed by atoms with Crippen molar-refractivity contribution in [3.63, 3.8) is 0 Å². The molecule has 14 heavy (non-hydrogen) atoms. The first-order valence-corrected chi connectivity index (χ1v) is 4.39. The highest BCUT2D eigenvalue weighted by atomic mass is 16.5. The van der Waals surface area contributed by atoms with Crippen molar-refractivity contribution in [3.8, 4) is 0 Å². The van der Waals surface area contributed by atoms with Gasteiger partial charge < -0.3 is 15.6 Å². The van der Waals surface area contributed by atoms with Crippen LogP contribution in [-0.2, 0) is 11.3 Å². The van der Waals surface area contributed by atoms with Crippen LogP contribution >= 0.6 is 0 Å². The Bertz CT molecular complexity index is 284. The molecule has 0 fully saturated rings. The van der Waals surface area contributed by atoms with Gasteiger partial charge in [-0.2, -0.15) is 4.98 Å². The Hall–Kier alpha value is -1.43. The standard InChI is InChI=1S/C8H14N4O2/c1-5(2)7(9)8(13)10-3-6-11-4-14-12-6/h4-5,7H,3,9H2,1-2H3,(H,10,13)/t7-/m0/s1. The van der Waals surface area contributed by atoms with Crippen LogP contribution in [0.2, 0.25) is 0 Å². The highest BCUT2D eigenvalue weighted by molar-refractivity contribution is 5.81. The van der Waals surface area contributed by atoms with Crippen molar-refractivity contribution >= 4 is 5.91 Å². The van der Waals surface area contributed by atoms with E-state index in [1.54, 1.807) is 0 Å². The van der Waals surface area contributed by atoms with Crippen molar-refractivity contribution in [2.24, 2.45) is 11.7 Å². The summed E-state index contributed by atoms with van der Waals surface area (Å²) in [5.41, 5.74) is 5.62. The topological polar surface area (TPSA) is 94.0 Å². The number of amides is 1. The summed E-state index contributed by atoms with van der Waals surface area (Å²) in [6.07, 6.45) is 1.21. The summed E-state index contributed by atoms with van der Waals surface area (Å²) < 4.78 is 4.51. The van der Waals surface area contributed by atoms with Crippen molar-refractivity contribution in [1.29, 1.82) is 0 Å². The zero-order chi connectivity index (χ0) is 10.6. The minimum atomic E-state index is -0.498. The molecule has 6 heteroatoms. The van der Waals surface area contributed by atoms with Crippen molar-refractivity contribution < 1.29 is 9.32 Å². The Balaban J connectivity index is 2.35.